The van der Waals surface area contributed by atoms with Gasteiger partial charge in [0.2, 0.25) is 0 Å². The molecule has 1 aromatic rings. The molecule has 1 aliphatic rings. The molecule has 1 saturated carbocycles. The van der Waals surface area contributed by atoms with E-state index in [0.29, 0.717) is 6.04 Å². The van der Waals surface area contributed by atoms with Gasteiger partial charge < -0.3 is 5.32 Å². The van der Waals surface area contributed by atoms with E-state index in [1.54, 1.807) is 0 Å². The quantitative estimate of drug-likeness (QED) is 0.877. The minimum absolute atomic E-state index is 0.669. The monoisotopic (exact) mass is 267 g/mol. The van der Waals surface area contributed by atoms with Crippen LogP contribution in [0.1, 0.15) is 31.7 Å². The van der Waals surface area contributed by atoms with E-state index in [4.69, 9.17) is 0 Å². The van der Waals surface area contributed by atoms with Gasteiger partial charge in [0.05, 0.1) is 0 Å². The number of halogens is 1. The van der Waals surface area contributed by atoms with Crippen molar-refractivity contribution < 1.29 is 0 Å². The average Bonchev–Trinajstić information content (AvgIpc) is 2.14. The van der Waals surface area contributed by atoms with Crippen molar-refractivity contribution >= 4 is 15.9 Å². The van der Waals surface area contributed by atoms with Crippen LogP contribution in [0.2, 0.25) is 0 Å². The standard InChI is InChI=1S/C13H18BrN/c1-10(12-3-2-4-12)15-9-11-5-7-13(14)8-6-11/h5-8,10,12,15H,2-4,9H2,1H3/t10-/m0/s1. The van der Waals surface area contributed by atoms with Crippen molar-refractivity contribution in [1.29, 1.82) is 0 Å². The van der Waals surface area contributed by atoms with Crippen LogP contribution in [0.4, 0.5) is 0 Å². The van der Waals surface area contributed by atoms with Gasteiger partial charge in [-0.2, -0.15) is 0 Å². The Kier molecular flexibility index (Phi) is 3.81. The summed E-state index contributed by atoms with van der Waals surface area (Å²) in [6, 6.07) is 9.22. The highest BCUT2D eigenvalue weighted by atomic mass is 79.9. The zero-order chi connectivity index (χ0) is 10.7. The lowest BCUT2D eigenvalue weighted by molar-refractivity contribution is 0.240. The topological polar surface area (TPSA) is 12.0 Å². The summed E-state index contributed by atoms with van der Waals surface area (Å²) in [5, 5.41) is 3.60. The summed E-state index contributed by atoms with van der Waals surface area (Å²) in [5.41, 5.74) is 1.37. The molecule has 0 saturated heterocycles. The van der Waals surface area contributed by atoms with Gasteiger partial charge in [0.1, 0.15) is 0 Å². The van der Waals surface area contributed by atoms with Crippen LogP contribution < -0.4 is 5.32 Å². The summed E-state index contributed by atoms with van der Waals surface area (Å²) in [7, 11) is 0. The number of hydrogen-bond acceptors (Lipinski definition) is 1. The van der Waals surface area contributed by atoms with E-state index in [1.165, 1.54) is 24.8 Å². The van der Waals surface area contributed by atoms with Crippen LogP contribution >= 0.6 is 15.9 Å². The number of nitrogens with one attached hydrogen (secondary N) is 1. The van der Waals surface area contributed by atoms with Gasteiger partial charge in [0.25, 0.3) is 0 Å². The summed E-state index contributed by atoms with van der Waals surface area (Å²) < 4.78 is 1.15. The molecule has 2 rings (SSSR count). The van der Waals surface area contributed by atoms with Crippen molar-refractivity contribution in [2.24, 2.45) is 5.92 Å². The minimum atomic E-state index is 0.669. The Labute approximate surface area is 100 Å². The maximum atomic E-state index is 3.60. The average molecular weight is 268 g/mol. The molecule has 1 aliphatic carbocycles. The summed E-state index contributed by atoms with van der Waals surface area (Å²) >= 11 is 3.45. The van der Waals surface area contributed by atoms with E-state index >= 15 is 0 Å². The van der Waals surface area contributed by atoms with Crippen LogP contribution in [0.5, 0.6) is 0 Å². The first-order chi connectivity index (χ1) is 7.25. The highest BCUT2D eigenvalue weighted by Crippen LogP contribution is 2.29. The van der Waals surface area contributed by atoms with Crippen molar-refractivity contribution in [3.8, 4) is 0 Å². The molecule has 0 aromatic heterocycles. The lowest BCUT2D eigenvalue weighted by Crippen LogP contribution is -2.36. The minimum Gasteiger partial charge on any atom is -0.310 e. The van der Waals surface area contributed by atoms with Crippen LogP contribution in [-0.2, 0) is 6.54 Å². The molecule has 0 amide bonds. The van der Waals surface area contributed by atoms with E-state index in [9.17, 15) is 0 Å². The fraction of sp³-hybridized carbons (Fsp3) is 0.538. The lowest BCUT2D eigenvalue weighted by Gasteiger charge is -2.32. The van der Waals surface area contributed by atoms with Crippen LogP contribution in [-0.4, -0.2) is 6.04 Å². The third-order valence-electron chi connectivity index (χ3n) is 3.40. The summed E-state index contributed by atoms with van der Waals surface area (Å²) in [6.45, 7) is 3.30. The van der Waals surface area contributed by atoms with E-state index in [0.717, 1.165) is 16.9 Å². The fourth-order valence-electron chi connectivity index (χ4n) is 1.99. The van der Waals surface area contributed by atoms with Crippen molar-refractivity contribution in [3.05, 3.63) is 34.3 Å². The molecule has 0 heterocycles. The summed E-state index contributed by atoms with van der Waals surface area (Å²) in [4.78, 5) is 0. The predicted molar refractivity (Wildman–Crippen MR) is 67.8 cm³/mol. The maximum absolute atomic E-state index is 3.60. The molecule has 82 valence electrons. The van der Waals surface area contributed by atoms with E-state index < -0.39 is 0 Å². The first-order valence-electron chi connectivity index (χ1n) is 5.73. The third-order valence-corrected chi connectivity index (χ3v) is 3.93. The third kappa shape index (κ3) is 3.05. The Morgan fingerprint density at radius 2 is 2.00 bits per heavy atom. The molecule has 2 heteroatoms. The second kappa shape index (κ2) is 5.13. The first kappa shape index (κ1) is 11.2. The van der Waals surface area contributed by atoms with Gasteiger partial charge in [-0.1, -0.05) is 34.5 Å². The second-order valence-electron chi connectivity index (χ2n) is 4.49. The Hall–Kier alpha value is -0.340. The number of benzene rings is 1. The molecule has 15 heavy (non-hydrogen) atoms. The number of hydrogen-bond donors (Lipinski definition) is 1. The lowest BCUT2D eigenvalue weighted by atomic mass is 9.80. The molecule has 1 fully saturated rings. The van der Waals surface area contributed by atoms with Crippen molar-refractivity contribution in [3.63, 3.8) is 0 Å². The zero-order valence-electron chi connectivity index (χ0n) is 9.17. The molecule has 0 spiro atoms. The van der Waals surface area contributed by atoms with E-state index in [2.05, 4.69) is 52.4 Å². The van der Waals surface area contributed by atoms with Gasteiger partial charge in [-0.3, -0.25) is 0 Å². The van der Waals surface area contributed by atoms with Crippen LogP contribution in [0.25, 0.3) is 0 Å². The first-order valence-corrected chi connectivity index (χ1v) is 6.53. The normalized spacial score (nSPS) is 18.5. The molecule has 1 aromatic carbocycles. The summed E-state index contributed by atoms with van der Waals surface area (Å²) in [5.74, 6) is 0.917. The van der Waals surface area contributed by atoms with Gasteiger partial charge in [0.15, 0.2) is 0 Å². The molecular formula is C13H18BrN. The van der Waals surface area contributed by atoms with E-state index in [1.807, 2.05) is 0 Å². The SMILES string of the molecule is C[C@H](NCc1ccc(Br)cc1)C1CCC1. The molecule has 1 atom stereocenters. The highest BCUT2D eigenvalue weighted by molar-refractivity contribution is 9.10. The molecule has 1 nitrogen and oxygen atoms in total. The molecule has 0 aliphatic heterocycles. The van der Waals surface area contributed by atoms with Crippen LogP contribution in [0, 0.1) is 5.92 Å². The molecule has 1 N–H and O–H groups in total. The van der Waals surface area contributed by atoms with Crippen molar-refractivity contribution in [1.82, 2.24) is 5.32 Å². The van der Waals surface area contributed by atoms with Gasteiger partial charge in [0, 0.05) is 17.1 Å². The smallest absolute Gasteiger partial charge is 0.0208 e. The molecule has 0 radical (unpaired) electrons. The van der Waals surface area contributed by atoms with Gasteiger partial charge in [-0.15, -0.1) is 0 Å². The molecular weight excluding hydrogens is 250 g/mol. The fourth-order valence-corrected chi connectivity index (χ4v) is 2.25. The van der Waals surface area contributed by atoms with Gasteiger partial charge in [-0.25, -0.2) is 0 Å². The number of rotatable bonds is 4. The highest BCUT2D eigenvalue weighted by Gasteiger charge is 2.23. The van der Waals surface area contributed by atoms with Crippen LogP contribution in [0.15, 0.2) is 28.7 Å². The largest absolute Gasteiger partial charge is 0.310 e. The Morgan fingerprint density at radius 3 is 2.53 bits per heavy atom. The second-order valence-corrected chi connectivity index (χ2v) is 5.40. The molecule has 0 bridgehead atoms. The Bertz CT molecular complexity index is 303. The van der Waals surface area contributed by atoms with Gasteiger partial charge >= 0.3 is 0 Å². The van der Waals surface area contributed by atoms with Crippen LogP contribution in [0.3, 0.4) is 0 Å². The Balaban J connectivity index is 1.79. The molecule has 0 unspecified atom stereocenters. The van der Waals surface area contributed by atoms with Gasteiger partial charge in [-0.05, 0) is 43.4 Å². The Morgan fingerprint density at radius 1 is 1.33 bits per heavy atom. The van der Waals surface area contributed by atoms with Crippen molar-refractivity contribution in [2.45, 2.75) is 38.8 Å². The van der Waals surface area contributed by atoms with E-state index in [-0.39, 0.29) is 0 Å². The summed E-state index contributed by atoms with van der Waals surface area (Å²) in [6.07, 6.45) is 4.25. The predicted octanol–water partition coefficient (Wildman–Crippen LogP) is 3.73. The zero-order valence-corrected chi connectivity index (χ0v) is 10.8. The van der Waals surface area contributed by atoms with Crippen molar-refractivity contribution in [2.75, 3.05) is 0 Å². The maximum Gasteiger partial charge on any atom is 0.0208 e.